The zero-order valence-corrected chi connectivity index (χ0v) is 11.7. The first-order chi connectivity index (χ1) is 10.7. The van der Waals surface area contributed by atoms with Gasteiger partial charge in [0.2, 0.25) is 0 Å². The average molecular weight is 290 g/mol. The molecule has 0 saturated heterocycles. The molecule has 4 heteroatoms. The summed E-state index contributed by atoms with van der Waals surface area (Å²) >= 11 is 0. The molecule has 0 unspecified atom stereocenters. The van der Waals surface area contributed by atoms with E-state index in [0.717, 1.165) is 16.3 Å². The molecule has 22 heavy (non-hydrogen) atoms. The number of hydrogen-bond donors (Lipinski definition) is 2. The number of phenols is 2. The van der Waals surface area contributed by atoms with Gasteiger partial charge in [0.05, 0.1) is 12.4 Å². The van der Waals surface area contributed by atoms with Gasteiger partial charge in [-0.1, -0.05) is 30.3 Å². The Hall–Kier alpha value is -3.14. The highest BCUT2D eigenvalue weighted by molar-refractivity contribution is 6.02. The van der Waals surface area contributed by atoms with Gasteiger partial charge in [-0.15, -0.1) is 0 Å². The zero-order valence-electron chi connectivity index (χ0n) is 11.7. The highest BCUT2D eigenvalue weighted by atomic mass is 16.3. The molecule has 108 valence electrons. The predicted molar refractivity (Wildman–Crippen MR) is 88.9 cm³/mol. The number of benzene rings is 3. The van der Waals surface area contributed by atoms with E-state index in [4.69, 9.17) is 0 Å². The second kappa shape index (κ2) is 6.10. The van der Waals surface area contributed by atoms with Crippen LogP contribution < -0.4 is 0 Å². The second-order valence-electron chi connectivity index (χ2n) is 4.80. The van der Waals surface area contributed by atoms with Crippen LogP contribution in [0.2, 0.25) is 0 Å². The van der Waals surface area contributed by atoms with Gasteiger partial charge in [0.15, 0.2) is 0 Å². The Labute approximate surface area is 127 Å². The maximum atomic E-state index is 9.98. The molecule has 0 aliphatic rings. The SMILES string of the molecule is Oc1ccc(/C=N/N=C/c2c(O)ccc3ccccc23)cc1. The molecule has 3 rings (SSSR count). The normalized spacial score (nSPS) is 11.6. The van der Waals surface area contributed by atoms with Gasteiger partial charge in [-0.3, -0.25) is 0 Å². The van der Waals surface area contributed by atoms with Gasteiger partial charge in [0.1, 0.15) is 11.5 Å². The number of aromatic hydroxyl groups is 2. The fourth-order valence-corrected chi connectivity index (χ4v) is 2.17. The van der Waals surface area contributed by atoms with Crippen LogP contribution in [0.3, 0.4) is 0 Å². The topological polar surface area (TPSA) is 65.2 Å². The summed E-state index contributed by atoms with van der Waals surface area (Å²) < 4.78 is 0. The number of hydrogen-bond acceptors (Lipinski definition) is 4. The van der Waals surface area contributed by atoms with E-state index in [1.54, 1.807) is 36.5 Å². The van der Waals surface area contributed by atoms with Crippen LogP contribution in [-0.4, -0.2) is 22.6 Å². The summed E-state index contributed by atoms with van der Waals surface area (Å²) in [6, 6.07) is 17.9. The summed E-state index contributed by atoms with van der Waals surface area (Å²) in [7, 11) is 0. The molecule has 0 atom stereocenters. The Bertz CT molecular complexity index is 853. The van der Waals surface area contributed by atoms with E-state index >= 15 is 0 Å². The lowest BCUT2D eigenvalue weighted by atomic mass is 10.0. The molecule has 0 spiro atoms. The van der Waals surface area contributed by atoms with Crippen molar-refractivity contribution in [3.05, 3.63) is 71.8 Å². The van der Waals surface area contributed by atoms with Gasteiger partial charge >= 0.3 is 0 Å². The molecule has 0 aromatic heterocycles. The van der Waals surface area contributed by atoms with Crippen molar-refractivity contribution in [1.82, 2.24) is 0 Å². The molecule has 0 amide bonds. The van der Waals surface area contributed by atoms with Gasteiger partial charge in [0, 0.05) is 5.56 Å². The summed E-state index contributed by atoms with van der Waals surface area (Å²) in [6.07, 6.45) is 3.12. The molecule has 0 heterocycles. The van der Waals surface area contributed by atoms with E-state index in [1.807, 2.05) is 30.3 Å². The van der Waals surface area contributed by atoms with Crippen LogP contribution in [0, 0.1) is 0 Å². The summed E-state index contributed by atoms with van der Waals surface area (Å²) in [6.45, 7) is 0. The first-order valence-electron chi connectivity index (χ1n) is 6.80. The number of rotatable bonds is 3. The monoisotopic (exact) mass is 290 g/mol. The lowest BCUT2D eigenvalue weighted by Crippen LogP contribution is -1.86. The van der Waals surface area contributed by atoms with E-state index in [2.05, 4.69) is 10.2 Å². The lowest BCUT2D eigenvalue weighted by Gasteiger charge is -2.03. The van der Waals surface area contributed by atoms with Crippen molar-refractivity contribution in [2.75, 3.05) is 0 Å². The molecule has 0 aliphatic carbocycles. The third-order valence-corrected chi connectivity index (χ3v) is 3.30. The van der Waals surface area contributed by atoms with Gasteiger partial charge in [-0.25, -0.2) is 0 Å². The molecule has 3 aromatic carbocycles. The highest BCUT2D eigenvalue weighted by Gasteiger charge is 2.03. The van der Waals surface area contributed by atoms with Crippen LogP contribution in [-0.2, 0) is 0 Å². The minimum absolute atomic E-state index is 0.169. The first kappa shape index (κ1) is 13.8. The van der Waals surface area contributed by atoms with E-state index in [1.165, 1.54) is 6.21 Å². The Morgan fingerprint density at radius 3 is 2.27 bits per heavy atom. The molecule has 0 saturated carbocycles. The smallest absolute Gasteiger partial charge is 0.125 e. The summed E-state index contributed by atoms with van der Waals surface area (Å²) in [5, 5.41) is 29.1. The van der Waals surface area contributed by atoms with Crippen molar-refractivity contribution in [3.63, 3.8) is 0 Å². The van der Waals surface area contributed by atoms with Crippen LogP contribution in [0.25, 0.3) is 10.8 Å². The van der Waals surface area contributed by atoms with Crippen molar-refractivity contribution in [2.24, 2.45) is 10.2 Å². The van der Waals surface area contributed by atoms with E-state index in [-0.39, 0.29) is 11.5 Å². The number of phenolic OH excluding ortho intramolecular Hbond substituents is 2. The Kier molecular flexibility index (Phi) is 3.83. The van der Waals surface area contributed by atoms with Crippen LogP contribution in [0.1, 0.15) is 11.1 Å². The maximum Gasteiger partial charge on any atom is 0.125 e. The summed E-state index contributed by atoms with van der Waals surface area (Å²) in [4.78, 5) is 0. The fourth-order valence-electron chi connectivity index (χ4n) is 2.17. The molecular formula is C18H14N2O2. The lowest BCUT2D eigenvalue weighted by molar-refractivity contribution is 0.475. The number of nitrogens with zero attached hydrogens (tertiary/aromatic N) is 2. The Morgan fingerprint density at radius 1 is 0.727 bits per heavy atom. The van der Waals surface area contributed by atoms with Crippen LogP contribution in [0.5, 0.6) is 11.5 Å². The largest absolute Gasteiger partial charge is 0.508 e. The maximum absolute atomic E-state index is 9.98. The Morgan fingerprint density at radius 2 is 1.45 bits per heavy atom. The second-order valence-corrected chi connectivity index (χ2v) is 4.80. The van der Waals surface area contributed by atoms with Crippen LogP contribution in [0.15, 0.2) is 70.9 Å². The molecule has 0 radical (unpaired) electrons. The van der Waals surface area contributed by atoms with Crippen molar-refractivity contribution >= 4 is 23.2 Å². The molecule has 2 N–H and O–H groups in total. The first-order valence-corrected chi connectivity index (χ1v) is 6.80. The standard InChI is InChI=1S/C18H14N2O2/c21-15-8-5-13(6-9-15)11-19-20-12-17-16-4-2-1-3-14(16)7-10-18(17)22/h1-12,21-22H/b19-11+,20-12+. The summed E-state index contributed by atoms with van der Waals surface area (Å²) in [5.74, 6) is 0.378. The predicted octanol–water partition coefficient (Wildman–Crippen LogP) is 3.70. The minimum Gasteiger partial charge on any atom is -0.508 e. The van der Waals surface area contributed by atoms with Crippen molar-refractivity contribution in [1.29, 1.82) is 0 Å². The van der Waals surface area contributed by atoms with Crippen LogP contribution >= 0.6 is 0 Å². The summed E-state index contributed by atoms with van der Waals surface area (Å²) in [5.41, 5.74) is 1.47. The average Bonchev–Trinajstić information content (AvgIpc) is 2.55. The van der Waals surface area contributed by atoms with Gasteiger partial charge < -0.3 is 10.2 Å². The molecule has 0 bridgehead atoms. The zero-order chi connectivity index (χ0) is 15.4. The Balaban J connectivity index is 1.86. The van der Waals surface area contributed by atoms with Gasteiger partial charge in [-0.05, 0) is 46.7 Å². The molecular weight excluding hydrogens is 276 g/mol. The van der Waals surface area contributed by atoms with Crippen molar-refractivity contribution < 1.29 is 10.2 Å². The quantitative estimate of drug-likeness (QED) is 0.570. The molecule has 0 aliphatic heterocycles. The van der Waals surface area contributed by atoms with Gasteiger partial charge in [0.25, 0.3) is 0 Å². The van der Waals surface area contributed by atoms with E-state index < -0.39 is 0 Å². The van der Waals surface area contributed by atoms with Gasteiger partial charge in [-0.2, -0.15) is 10.2 Å². The van der Waals surface area contributed by atoms with E-state index in [0.29, 0.717) is 5.56 Å². The highest BCUT2D eigenvalue weighted by Crippen LogP contribution is 2.25. The van der Waals surface area contributed by atoms with Crippen molar-refractivity contribution in [2.45, 2.75) is 0 Å². The fraction of sp³-hybridized carbons (Fsp3) is 0. The minimum atomic E-state index is 0.169. The van der Waals surface area contributed by atoms with E-state index in [9.17, 15) is 10.2 Å². The third-order valence-electron chi connectivity index (χ3n) is 3.30. The molecule has 3 aromatic rings. The van der Waals surface area contributed by atoms with Crippen molar-refractivity contribution in [3.8, 4) is 11.5 Å². The number of fused-ring (bicyclic) bond motifs is 1. The third kappa shape index (κ3) is 2.96. The molecule has 4 nitrogen and oxygen atoms in total. The molecule has 0 fully saturated rings. The van der Waals surface area contributed by atoms with Crippen LogP contribution in [0.4, 0.5) is 0 Å².